The summed E-state index contributed by atoms with van der Waals surface area (Å²) < 4.78 is 10.2. The van der Waals surface area contributed by atoms with E-state index in [1.54, 1.807) is 0 Å². The molecule has 222 valence electrons. The maximum Gasteiger partial charge on any atom is 0.137 e. The van der Waals surface area contributed by atoms with Crippen molar-refractivity contribution in [2.24, 2.45) is 0 Å². The van der Waals surface area contributed by atoms with Crippen LogP contribution in [0.2, 0.25) is 0 Å². The van der Waals surface area contributed by atoms with E-state index >= 15 is 0 Å². The summed E-state index contributed by atoms with van der Waals surface area (Å²) >= 11 is 1.83. The molecule has 4 aromatic heterocycles. The predicted octanol–water partition coefficient (Wildman–Crippen LogP) is 12.6. The second-order valence-corrected chi connectivity index (χ2v) is 14.3. The standard InChI is InChI=1S/C43H28N2OS/c1-43(2)33-13-5-3-9-27(33)28-19-17-26(24-34(28)43)44(36-14-8-16-39-40(36)30-10-4-6-15-38(30)46-39)25-18-20-35-32(23-25)29-11-7-12-31-41(29)45(35)37-21-22-47-42(31)37/h3-24H,1-2H3. The monoisotopic (exact) mass is 620 g/mol. The maximum absolute atomic E-state index is 6.41. The minimum atomic E-state index is -0.106. The highest BCUT2D eigenvalue weighted by Crippen LogP contribution is 2.52. The number of nitrogens with zero attached hydrogens (tertiary/aromatic N) is 2. The minimum Gasteiger partial charge on any atom is -0.456 e. The zero-order valence-electron chi connectivity index (χ0n) is 25.9. The van der Waals surface area contributed by atoms with Crippen LogP contribution in [0.5, 0.6) is 0 Å². The van der Waals surface area contributed by atoms with E-state index in [2.05, 4.69) is 150 Å². The van der Waals surface area contributed by atoms with Crippen molar-refractivity contribution in [1.29, 1.82) is 0 Å². The van der Waals surface area contributed by atoms with E-state index in [1.165, 1.54) is 59.7 Å². The van der Waals surface area contributed by atoms with Crippen molar-refractivity contribution < 1.29 is 4.42 Å². The number of aromatic nitrogens is 1. The van der Waals surface area contributed by atoms with Gasteiger partial charge >= 0.3 is 0 Å². The molecule has 0 bridgehead atoms. The molecule has 0 saturated heterocycles. The first-order valence-electron chi connectivity index (χ1n) is 16.2. The Labute approximate surface area is 274 Å². The lowest BCUT2D eigenvalue weighted by Crippen LogP contribution is -2.16. The fourth-order valence-electron chi connectivity index (χ4n) is 8.51. The third-order valence-electron chi connectivity index (χ3n) is 10.6. The van der Waals surface area contributed by atoms with Gasteiger partial charge in [-0.3, -0.25) is 0 Å². The fraction of sp³-hybridized carbons (Fsp3) is 0.0698. The molecule has 0 spiro atoms. The molecule has 4 heterocycles. The summed E-state index contributed by atoms with van der Waals surface area (Å²) in [5.41, 5.74) is 14.3. The van der Waals surface area contributed by atoms with E-state index in [1.807, 2.05) is 17.4 Å². The van der Waals surface area contributed by atoms with E-state index in [0.717, 1.165) is 39.0 Å². The van der Waals surface area contributed by atoms with Gasteiger partial charge in [-0.05, 0) is 82.2 Å². The molecule has 0 amide bonds. The highest BCUT2D eigenvalue weighted by molar-refractivity contribution is 7.18. The van der Waals surface area contributed by atoms with Gasteiger partial charge in [-0.25, -0.2) is 0 Å². The van der Waals surface area contributed by atoms with Crippen molar-refractivity contribution in [1.82, 2.24) is 4.40 Å². The van der Waals surface area contributed by atoms with Crippen LogP contribution in [-0.2, 0) is 5.41 Å². The first-order valence-corrected chi connectivity index (χ1v) is 17.1. The molecule has 4 heteroatoms. The third-order valence-corrected chi connectivity index (χ3v) is 11.5. The van der Waals surface area contributed by atoms with Crippen molar-refractivity contribution in [3.05, 3.63) is 144 Å². The summed E-state index contributed by atoms with van der Waals surface area (Å²) in [4.78, 5) is 2.44. The number of fused-ring (bicyclic) bond motifs is 12. The van der Waals surface area contributed by atoms with Gasteiger partial charge in [0, 0.05) is 38.3 Å². The van der Waals surface area contributed by atoms with Gasteiger partial charge in [0.1, 0.15) is 11.2 Å². The van der Waals surface area contributed by atoms with Crippen LogP contribution in [0.4, 0.5) is 17.1 Å². The number of hydrogen-bond acceptors (Lipinski definition) is 3. The zero-order valence-corrected chi connectivity index (χ0v) is 26.7. The average Bonchev–Trinajstić information content (AvgIpc) is 3.90. The number of hydrogen-bond donors (Lipinski definition) is 0. The number of benzene rings is 6. The normalized spacial score (nSPS) is 13.9. The summed E-state index contributed by atoms with van der Waals surface area (Å²) in [7, 11) is 0. The summed E-state index contributed by atoms with van der Waals surface area (Å²) in [6.45, 7) is 4.71. The average molecular weight is 621 g/mol. The SMILES string of the molecule is CC1(C)c2ccccc2-c2ccc(N(c3ccc4c(c3)c3cccc5c6sccc6n4c35)c3cccc4oc5ccccc5c34)cc21. The number of para-hydroxylation sites is 2. The van der Waals surface area contributed by atoms with E-state index in [0.29, 0.717) is 0 Å². The second-order valence-electron chi connectivity index (χ2n) is 13.4. The maximum atomic E-state index is 6.41. The Hall–Kier alpha value is -5.58. The molecule has 10 aromatic rings. The van der Waals surface area contributed by atoms with Crippen molar-refractivity contribution >= 4 is 87.7 Å². The highest BCUT2D eigenvalue weighted by Gasteiger charge is 2.36. The van der Waals surface area contributed by atoms with Gasteiger partial charge < -0.3 is 13.7 Å². The first-order chi connectivity index (χ1) is 23.1. The van der Waals surface area contributed by atoms with Gasteiger partial charge in [0.05, 0.1) is 32.3 Å². The molecule has 6 aromatic carbocycles. The molecular formula is C43H28N2OS. The Balaban J connectivity index is 1.22. The summed E-state index contributed by atoms with van der Waals surface area (Å²) in [6.07, 6.45) is 0. The number of thiophene rings is 1. The molecule has 1 aliphatic carbocycles. The van der Waals surface area contributed by atoms with Crippen molar-refractivity contribution in [3.63, 3.8) is 0 Å². The topological polar surface area (TPSA) is 20.8 Å². The lowest BCUT2D eigenvalue weighted by atomic mass is 9.82. The van der Waals surface area contributed by atoms with Crippen molar-refractivity contribution in [3.8, 4) is 11.1 Å². The van der Waals surface area contributed by atoms with Gasteiger partial charge in [0.2, 0.25) is 0 Å². The molecule has 11 rings (SSSR count). The largest absolute Gasteiger partial charge is 0.456 e. The van der Waals surface area contributed by atoms with Crippen LogP contribution in [-0.4, -0.2) is 4.40 Å². The molecule has 0 unspecified atom stereocenters. The Morgan fingerprint density at radius 2 is 1.34 bits per heavy atom. The molecule has 3 nitrogen and oxygen atoms in total. The summed E-state index contributed by atoms with van der Waals surface area (Å²) in [6, 6.07) is 46.7. The van der Waals surface area contributed by atoms with Gasteiger partial charge in [0.25, 0.3) is 0 Å². The minimum absolute atomic E-state index is 0.106. The molecule has 0 radical (unpaired) electrons. The van der Waals surface area contributed by atoms with Gasteiger partial charge in [-0.2, -0.15) is 0 Å². The van der Waals surface area contributed by atoms with Crippen LogP contribution >= 0.6 is 11.3 Å². The molecule has 47 heavy (non-hydrogen) atoms. The molecule has 1 aliphatic rings. The predicted molar refractivity (Wildman–Crippen MR) is 199 cm³/mol. The molecule has 0 N–H and O–H groups in total. The van der Waals surface area contributed by atoms with Gasteiger partial charge in [-0.1, -0.05) is 86.6 Å². The zero-order chi connectivity index (χ0) is 31.0. The van der Waals surface area contributed by atoms with Crippen molar-refractivity contribution in [2.45, 2.75) is 19.3 Å². The van der Waals surface area contributed by atoms with Crippen molar-refractivity contribution in [2.75, 3.05) is 4.90 Å². The van der Waals surface area contributed by atoms with E-state index in [-0.39, 0.29) is 5.41 Å². The Morgan fingerprint density at radius 1 is 0.596 bits per heavy atom. The molecular weight excluding hydrogens is 593 g/mol. The lowest BCUT2D eigenvalue weighted by Gasteiger charge is -2.28. The lowest BCUT2D eigenvalue weighted by molar-refractivity contribution is 0.660. The summed E-state index contributed by atoms with van der Waals surface area (Å²) in [5, 5.41) is 8.34. The highest BCUT2D eigenvalue weighted by atomic mass is 32.1. The summed E-state index contributed by atoms with van der Waals surface area (Å²) in [5.74, 6) is 0. The Kier molecular flexibility index (Phi) is 4.80. The van der Waals surface area contributed by atoms with Crippen LogP contribution in [0, 0.1) is 0 Å². The molecule has 0 fully saturated rings. The second kappa shape index (κ2) is 8.81. The Morgan fingerprint density at radius 3 is 2.30 bits per heavy atom. The van der Waals surface area contributed by atoms with E-state index in [4.69, 9.17) is 4.42 Å². The molecule has 0 atom stereocenters. The molecule has 0 saturated carbocycles. The van der Waals surface area contributed by atoms with E-state index in [9.17, 15) is 0 Å². The van der Waals surface area contributed by atoms with Gasteiger partial charge in [-0.15, -0.1) is 11.3 Å². The van der Waals surface area contributed by atoms with Crippen LogP contribution in [0.25, 0.3) is 70.5 Å². The van der Waals surface area contributed by atoms with Crippen LogP contribution < -0.4 is 4.90 Å². The van der Waals surface area contributed by atoms with Gasteiger partial charge in [0.15, 0.2) is 0 Å². The Bertz CT molecular complexity index is 2900. The number of anilines is 3. The quantitative estimate of drug-likeness (QED) is 0.196. The van der Waals surface area contributed by atoms with Crippen LogP contribution in [0.3, 0.4) is 0 Å². The fourth-order valence-corrected chi connectivity index (χ4v) is 9.42. The van der Waals surface area contributed by atoms with Crippen LogP contribution in [0.15, 0.2) is 137 Å². The number of rotatable bonds is 3. The smallest absolute Gasteiger partial charge is 0.137 e. The number of furan rings is 1. The first kappa shape index (κ1) is 25.6. The van der Waals surface area contributed by atoms with Crippen LogP contribution in [0.1, 0.15) is 25.0 Å². The molecule has 0 aliphatic heterocycles. The third kappa shape index (κ3) is 3.21. The van der Waals surface area contributed by atoms with E-state index < -0.39 is 0 Å².